The van der Waals surface area contributed by atoms with Gasteiger partial charge in [0, 0.05) is 36.4 Å². The molecule has 0 spiro atoms. The van der Waals surface area contributed by atoms with Gasteiger partial charge in [0.15, 0.2) is 0 Å². The molecule has 2 heterocycles. The minimum absolute atomic E-state index is 0.237. The molecule has 2 N–H and O–H groups in total. The fourth-order valence-electron chi connectivity index (χ4n) is 2.25. The van der Waals surface area contributed by atoms with Crippen LogP contribution in [0.1, 0.15) is 11.1 Å². The molecule has 0 bridgehead atoms. The predicted molar refractivity (Wildman–Crippen MR) is 94.5 cm³/mol. The van der Waals surface area contributed by atoms with Crippen LogP contribution >= 0.6 is 0 Å². The predicted octanol–water partition coefficient (Wildman–Crippen LogP) is 3.77. The third-order valence-electron chi connectivity index (χ3n) is 3.54. The molecule has 0 radical (unpaired) electrons. The number of carbonyl (C=O) groups is 1. The first kappa shape index (κ1) is 15.7. The number of urea groups is 1. The van der Waals surface area contributed by atoms with Gasteiger partial charge in [-0.1, -0.05) is 17.7 Å². The van der Waals surface area contributed by atoms with E-state index in [0.717, 1.165) is 28.1 Å². The first-order chi connectivity index (χ1) is 11.7. The monoisotopic (exact) mass is 318 g/mol. The minimum atomic E-state index is -0.237. The summed E-state index contributed by atoms with van der Waals surface area (Å²) in [6, 6.07) is 15.1. The molecule has 1 aromatic carbocycles. The summed E-state index contributed by atoms with van der Waals surface area (Å²) in [6.07, 6.45) is 5.23. The van der Waals surface area contributed by atoms with Crippen molar-refractivity contribution in [2.75, 3.05) is 5.32 Å². The average Bonchev–Trinajstić information content (AvgIpc) is 2.63. The number of anilines is 1. The molecule has 0 unspecified atom stereocenters. The number of aromatic nitrogens is 2. The Morgan fingerprint density at radius 1 is 1.08 bits per heavy atom. The SMILES string of the molecule is Cc1ccc(NC(=O)NCc2ccnc(-c3cccnc3)c2)cc1. The van der Waals surface area contributed by atoms with Crippen molar-refractivity contribution in [2.45, 2.75) is 13.5 Å². The molecule has 0 atom stereocenters. The van der Waals surface area contributed by atoms with Gasteiger partial charge in [-0.2, -0.15) is 0 Å². The van der Waals surface area contributed by atoms with Crippen LogP contribution in [0.3, 0.4) is 0 Å². The van der Waals surface area contributed by atoms with Crippen LogP contribution in [-0.4, -0.2) is 16.0 Å². The third-order valence-corrected chi connectivity index (χ3v) is 3.54. The Bertz CT molecular complexity index is 816. The van der Waals surface area contributed by atoms with E-state index in [9.17, 15) is 4.79 Å². The molecule has 2 amide bonds. The zero-order chi connectivity index (χ0) is 16.8. The van der Waals surface area contributed by atoms with Gasteiger partial charge in [0.25, 0.3) is 0 Å². The molecule has 0 fully saturated rings. The molecule has 5 nitrogen and oxygen atoms in total. The zero-order valence-electron chi connectivity index (χ0n) is 13.4. The highest BCUT2D eigenvalue weighted by Crippen LogP contribution is 2.16. The first-order valence-electron chi connectivity index (χ1n) is 7.67. The molecule has 3 aromatic rings. The number of benzene rings is 1. The fraction of sp³-hybridized carbons (Fsp3) is 0.105. The Kier molecular flexibility index (Phi) is 4.81. The molecule has 24 heavy (non-hydrogen) atoms. The second-order valence-electron chi connectivity index (χ2n) is 5.46. The Balaban J connectivity index is 1.60. The molecule has 0 aliphatic rings. The lowest BCUT2D eigenvalue weighted by atomic mass is 10.1. The number of hydrogen-bond acceptors (Lipinski definition) is 3. The molecule has 120 valence electrons. The van der Waals surface area contributed by atoms with E-state index in [0.29, 0.717) is 6.54 Å². The van der Waals surface area contributed by atoms with E-state index in [1.807, 2.05) is 55.5 Å². The number of rotatable bonds is 4. The average molecular weight is 318 g/mol. The van der Waals surface area contributed by atoms with Gasteiger partial charge in [-0.3, -0.25) is 9.97 Å². The Labute approximate surface area is 140 Å². The Hall–Kier alpha value is -3.21. The van der Waals surface area contributed by atoms with Crippen LogP contribution in [0, 0.1) is 6.92 Å². The molecule has 0 aliphatic heterocycles. The van der Waals surface area contributed by atoms with Crippen LogP contribution in [0.2, 0.25) is 0 Å². The second kappa shape index (κ2) is 7.37. The van der Waals surface area contributed by atoms with Crippen molar-refractivity contribution >= 4 is 11.7 Å². The smallest absolute Gasteiger partial charge is 0.319 e. The van der Waals surface area contributed by atoms with Crippen molar-refractivity contribution in [3.05, 3.63) is 78.2 Å². The highest BCUT2D eigenvalue weighted by atomic mass is 16.2. The molecule has 3 rings (SSSR count). The van der Waals surface area contributed by atoms with Gasteiger partial charge < -0.3 is 10.6 Å². The Morgan fingerprint density at radius 3 is 2.67 bits per heavy atom. The maximum absolute atomic E-state index is 12.0. The van der Waals surface area contributed by atoms with Gasteiger partial charge in [0.1, 0.15) is 0 Å². The Morgan fingerprint density at radius 2 is 1.92 bits per heavy atom. The summed E-state index contributed by atoms with van der Waals surface area (Å²) in [5.74, 6) is 0. The number of amides is 2. The summed E-state index contributed by atoms with van der Waals surface area (Å²) in [4.78, 5) is 20.4. The summed E-state index contributed by atoms with van der Waals surface area (Å²) >= 11 is 0. The summed E-state index contributed by atoms with van der Waals surface area (Å²) in [7, 11) is 0. The number of pyridine rings is 2. The third kappa shape index (κ3) is 4.16. The van der Waals surface area contributed by atoms with Crippen LogP contribution in [0.5, 0.6) is 0 Å². The van der Waals surface area contributed by atoms with Gasteiger partial charge in [0.2, 0.25) is 0 Å². The van der Waals surface area contributed by atoms with E-state index in [4.69, 9.17) is 0 Å². The second-order valence-corrected chi connectivity index (χ2v) is 5.46. The van der Waals surface area contributed by atoms with Crippen LogP contribution in [-0.2, 0) is 6.54 Å². The summed E-state index contributed by atoms with van der Waals surface area (Å²) in [6.45, 7) is 2.43. The molecule has 0 aliphatic carbocycles. The number of nitrogens with zero attached hydrogens (tertiary/aromatic N) is 2. The van der Waals surface area contributed by atoms with Gasteiger partial charge in [-0.05, 0) is 48.9 Å². The van der Waals surface area contributed by atoms with E-state index in [-0.39, 0.29) is 6.03 Å². The van der Waals surface area contributed by atoms with Gasteiger partial charge in [-0.15, -0.1) is 0 Å². The van der Waals surface area contributed by atoms with Crippen molar-refractivity contribution in [3.63, 3.8) is 0 Å². The lowest BCUT2D eigenvalue weighted by molar-refractivity contribution is 0.251. The fourth-order valence-corrected chi connectivity index (χ4v) is 2.25. The van der Waals surface area contributed by atoms with Crippen LogP contribution < -0.4 is 10.6 Å². The molecule has 0 saturated heterocycles. The molecule has 5 heteroatoms. The van der Waals surface area contributed by atoms with E-state index in [1.165, 1.54) is 0 Å². The van der Waals surface area contributed by atoms with Gasteiger partial charge in [0.05, 0.1) is 5.69 Å². The van der Waals surface area contributed by atoms with E-state index in [2.05, 4.69) is 20.6 Å². The van der Waals surface area contributed by atoms with Crippen LogP contribution in [0.15, 0.2) is 67.1 Å². The zero-order valence-corrected chi connectivity index (χ0v) is 13.4. The topological polar surface area (TPSA) is 66.9 Å². The summed E-state index contributed by atoms with van der Waals surface area (Å²) in [5.41, 5.74) is 4.68. The van der Waals surface area contributed by atoms with Crippen molar-refractivity contribution < 1.29 is 4.79 Å². The van der Waals surface area contributed by atoms with Crippen LogP contribution in [0.4, 0.5) is 10.5 Å². The maximum Gasteiger partial charge on any atom is 0.319 e. The number of nitrogens with one attached hydrogen (secondary N) is 2. The minimum Gasteiger partial charge on any atom is -0.334 e. The molecular formula is C19H18N4O. The number of hydrogen-bond donors (Lipinski definition) is 2. The molecular weight excluding hydrogens is 300 g/mol. The maximum atomic E-state index is 12.0. The number of carbonyl (C=O) groups excluding carboxylic acids is 1. The first-order valence-corrected chi connectivity index (χ1v) is 7.67. The highest BCUT2D eigenvalue weighted by molar-refractivity contribution is 5.89. The van der Waals surface area contributed by atoms with Crippen molar-refractivity contribution in [1.82, 2.24) is 15.3 Å². The van der Waals surface area contributed by atoms with E-state index in [1.54, 1.807) is 18.6 Å². The van der Waals surface area contributed by atoms with Gasteiger partial charge in [-0.25, -0.2) is 4.79 Å². The van der Waals surface area contributed by atoms with Crippen molar-refractivity contribution in [2.24, 2.45) is 0 Å². The standard InChI is InChI=1S/C19H18N4O/c1-14-4-6-17(7-5-14)23-19(24)22-12-15-8-10-21-18(11-15)16-3-2-9-20-13-16/h2-11,13H,12H2,1H3,(H2,22,23,24). The highest BCUT2D eigenvalue weighted by Gasteiger charge is 2.04. The summed E-state index contributed by atoms with van der Waals surface area (Å²) < 4.78 is 0. The number of aryl methyl sites for hydroxylation is 1. The lowest BCUT2D eigenvalue weighted by Crippen LogP contribution is -2.28. The van der Waals surface area contributed by atoms with Gasteiger partial charge >= 0.3 is 6.03 Å². The van der Waals surface area contributed by atoms with E-state index >= 15 is 0 Å². The van der Waals surface area contributed by atoms with Crippen molar-refractivity contribution in [1.29, 1.82) is 0 Å². The normalized spacial score (nSPS) is 10.2. The van der Waals surface area contributed by atoms with Crippen LogP contribution in [0.25, 0.3) is 11.3 Å². The quantitative estimate of drug-likeness (QED) is 0.769. The molecule has 2 aromatic heterocycles. The van der Waals surface area contributed by atoms with Crippen molar-refractivity contribution in [3.8, 4) is 11.3 Å². The summed E-state index contributed by atoms with van der Waals surface area (Å²) in [5, 5.41) is 5.66. The largest absolute Gasteiger partial charge is 0.334 e. The lowest BCUT2D eigenvalue weighted by Gasteiger charge is -2.09. The molecule has 0 saturated carbocycles. The van der Waals surface area contributed by atoms with E-state index < -0.39 is 0 Å².